The van der Waals surface area contributed by atoms with Gasteiger partial charge in [-0.25, -0.2) is 4.79 Å². The van der Waals surface area contributed by atoms with Crippen molar-refractivity contribution >= 4 is 12.3 Å². The molecular weight excluding hydrogens is 400 g/mol. The van der Waals surface area contributed by atoms with Gasteiger partial charge >= 0.3 is 5.97 Å². The van der Waals surface area contributed by atoms with Crippen LogP contribution in [0, 0.1) is 6.92 Å². The van der Waals surface area contributed by atoms with Gasteiger partial charge in [0.1, 0.15) is 23.7 Å². The van der Waals surface area contributed by atoms with E-state index in [-0.39, 0.29) is 41.6 Å². The van der Waals surface area contributed by atoms with Gasteiger partial charge < -0.3 is 24.4 Å². The second kappa shape index (κ2) is 9.77. The normalized spacial score (nSPS) is 10.4. The summed E-state index contributed by atoms with van der Waals surface area (Å²) in [6, 6.07) is 15.7. The lowest BCUT2D eigenvalue weighted by Crippen LogP contribution is -2.07. The van der Waals surface area contributed by atoms with Gasteiger partial charge in [0.05, 0.1) is 19.3 Å². The van der Waals surface area contributed by atoms with Crippen molar-refractivity contribution in [2.45, 2.75) is 20.1 Å². The molecule has 0 bridgehead atoms. The number of aliphatic hydroxyl groups excluding tert-OH is 1. The summed E-state index contributed by atoms with van der Waals surface area (Å²) in [7, 11) is 1.28. The first-order valence-electron chi connectivity index (χ1n) is 9.46. The lowest BCUT2D eigenvalue weighted by molar-refractivity contribution is 0.0690. The van der Waals surface area contributed by atoms with Crippen molar-refractivity contribution in [3.63, 3.8) is 0 Å². The third kappa shape index (κ3) is 4.84. The first-order chi connectivity index (χ1) is 15.0. The summed E-state index contributed by atoms with van der Waals surface area (Å²) in [5, 5.41) is 19.3. The summed E-state index contributed by atoms with van der Waals surface area (Å²) in [6.45, 7) is 1.88. The molecule has 0 aliphatic rings. The predicted octanol–water partition coefficient (Wildman–Crippen LogP) is 4.38. The number of aldehydes is 1. The maximum atomic E-state index is 11.9. The average Bonchev–Trinajstić information content (AvgIpc) is 2.78. The minimum Gasteiger partial charge on any atom is -0.495 e. The second-order valence-corrected chi connectivity index (χ2v) is 6.74. The molecule has 0 atom stereocenters. The zero-order valence-electron chi connectivity index (χ0n) is 17.1. The molecule has 0 aromatic heterocycles. The van der Waals surface area contributed by atoms with Crippen LogP contribution in [0.2, 0.25) is 0 Å². The molecule has 7 heteroatoms. The van der Waals surface area contributed by atoms with Crippen LogP contribution in [0.1, 0.15) is 37.4 Å². The number of hydrogen-bond donors (Lipinski definition) is 2. The lowest BCUT2D eigenvalue weighted by Gasteiger charge is -2.18. The van der Waals surface area contributed by atoms with Gasteiger partial charge in [0.15, 0.2) is 17.8 Å². The van der Waals surface area contributed by atoms with Crippen molar-refractivity contribution in [1.82, 2.24) is 0 Å². The van der Waals surface area contributed by atoms with Crippen LogP contribution in [0.25, 0.3) is 0 Å². The van der Waals surface area contributed by atoms with Gasteiger partial charge in [-0.1, -0.05) is 30.3 Å². The number of carbonyl (C=O) groups excluding carboxylic acids is 1. The summed E-state index contributed by atoms with van der Waals surface area (Å²) in [5.74, 6) is -0.812. The number of hydrogen-bond acceptors (Lipinski definition) is 6. The zero-order valence-corrected chi connectivity index (χ0v) is 17.1. The van der Waals surface area contributed by atoms with E-state index in [1.54, 1.807) is 12.1 Å². The molecule has 2 N–H and O–H groups in total. The van der Waals surface area contributed by atoms with Gasteiger partial charge in [-0.2, -0.15) is 0 Å². The maximum absolute atomic E-state index is 11.9. The molecule has 31 heavy (non-hydrogen) atoms. The monoisotopic (exact) mass is 422 g/mol. The number of ether oxygens (including phenoxy) is 3. The molecule has 7 nitrogen and oxygen atoms in total. The summed E-state index contributed by atoms with van der Waals surface area (Å²) < 4.78 is 17.0. The third-order valence-electron chi connectivity index (χ3n) is 4.72. The highest BCUT2D eigenvalue weighted by molar-refractivity contribution is 5.98. The Bertz CT molecular complexity index is 1090. The van der Waals surface area contributed by atoms with E-state index in [4.69, 9.17) is 14.2 Å². The number of carboxylic acid groups (broad SMARTS) is 1. The summed E-state index contributed by atoms with van der Waals surface area (Å²) >= 11 is 0. The molecular formula is C24H22O7. The molecule has 0 aliphatic heterocycles. The number of carboxylic acids is 1. The molecule has 0 amide bonds. The van der Waals surface area contributed by atoms with E-state index in [0.29, 0.717) is 17.6 Å². The third-order valence-corrected chi connectivity index (χ3v) is 4.72. The molecule has 0 aliphatic carbocycles. The van der Waals surface area contributed by atoms with Crippen LogP contribution in [0.5, 0.6) is 23.0 Å². The van der Waals surface area contributed by atoms with E-state index < -0.39 is 5.97 Å². The van der Waals surface area contributed by atoms with Gasteiger partial charge in [-0.3, -0.25) is 4.79 Å². The number of aliphatic hydroxyl groups is 1. The van der Waals surface area contributed by atoms with Gasteiger partial charge in [0.2, 0.25) is 0 Å². The van der Waals surface area contributed by atoms with E-state index in [9.17, 15) is 19.8 Å². The highest BCUT2D eigenvalue weighted by Crippen LogP contribution is 2.39. The highest BCUT2D eigenvalue weighted by Gasteiger charge is 2.23. The van der Waals surface area contributed by atoms with Gasteiger partial charge in [-0.15, -0.1) is 0 Å². The Labute approximate surface area is 179 Å². The highest BCUT2D eigenvalue weighted by atomic mass is 16.5. The topological polar surface area (TPSA) is 102 Å². The fourth-order valence-electron chi connectivity index (χ4n) is 3.10. The van der Waals surface area contributed by atoms with E-state index in [1.807, 2.05) is 37.3 Å². The van der Waals surface area contributed by atoms with E-state index >= 15 is 0 Å². The Morgan fingerprint density at radius 3 is 2.39 bits per heavy atom. The molecule has 0 heterocycles. The average molecular weight is 422 g/mol. The SMILES string of the molecule is COc1c(C=O)ccc(Oc2cc(CO)c(C)cc2OCc2ccccc2)c1C(=O)O. The van der Waals surface area contributed by atoms with Crippen molar-refractivity contribution in [3.8, 4) is 23.0 Å². The summed E-state index contributed by atoms with van der Waals surface area (Å²) in [6.07, 6.45) is 0.513. The molecule has 0 fully saturated rings. The molecule has 0 spiro atoms. The van der Waals surface area contributed by atoms with Crippen molar-refractivity contribution in [2.24, 2.45) is 0 Å². The minimum absolute atomic E-state index is 0.0211. The first-order valence-corrected chi connectivity index (χ1v) is 9.46. The number of aromatic carboxylic acids is 1. The van der Waals surface area contributed by atoms with Crippen LogP contribution in [-0.4, -0.2) is 29.6 Å². The smallest absolute Gasteiger partial charge is 0.343 e. The molecule has 3 rings (SSSR count). The number of carbonyl (C=O) groups is 2. The Morgan fingerprint density at radius 2 is 1.77 bits per heavy atom. The lowest BCUT2D eigenvalue weighted by atomic mass is 10.1. The van der Waals surface area contributed by atoms with Gasteiger partial charge in [0, 0.05) is 0 Å². The van der Waals surface area contributed by atoms with Crippen LogP contribution in [0.15, 0.2) is 54.6 Å². The fourth-order valence-corrected chi connectivity index (χ4v) is 3.10. The molecule has 3 aromatic carbocycles. The molecule has 0 saturated heterocycles. The van der Waals surface area contributed by atoms with Crippen LogP contribution in [0.4, 0.5) is 0 Å². The predicted molar refractivity (Wildman–Crippen MR) is 113 cm³/mol. The summed E-state index contributed by atoms with van der Waals surface area (Å²) in [4.78, 5) is 23.1. The van der Waals surface area contributed by atoms with Crippen molar-refractivity contribution in [3.05, 3.63) is 82.4 Å². The fraction of sp³-hybridized carbons (Fsp3) is 0.167. The van der Waals surface area contributed by atoms with Crippen molar-refractivity contribution in [2.75, 3.05) is 7.11 Å². The largest absolute Gasteiger partial charge is 0.495 e. The molecule has 0 unspecified atom stereocenters. The Morgan fingerprint density at radius 1 is 1.03 bits per heavy atom. The van der Waals surface area contributed by atoms with E-state index in [0.717, 1.165) is 11.1 Å². The molecule has 160 valence electrons. The van der Waals surface area contributed by atoms with Crippen LogP contribution < -0.4 is 14.2 Å². The second-order valence-electron chi connectivity index (χ2n) is 6.74. The van der Waals surface area contributed by atoms with Gasteiger partial charge in [0.25, 0.3) is 0 Å². The molecule has 0 saturated carbocycles. The Balaban J connectivity index is 2.04. The standard InChI is InChI=1S/C24H22O7/c1-15-10-20(30-14-16-6-4-3-5-7-16)21(11-18(15)13-26)31-19-9-8-17(12-25)23(29-2)22(19)24(27)28/h3-12,26H,13-14H2,1-2H3,(H,27,28). The van der Waals surface area contributed by atoms with Crippen LogP contribution in [-0.2, 0) is 13.2 Å². The first kappa shape index (κ1) is 21.9. The number of aryl methyl sites for hydroxylation is 1. The summed E-state index contributed by atoms with van der Waals surface area (Å²) in [5.41, 5.74) is 2.15. The number of rotatable bonds is 9. The van der Waals surface area contributed by atoms with Crippen LogP contribution >= 0.6 is 0 Å². The Hall–Kier alpha value is -3.84. The number of methoxy groups -OCH3 is 1. The van der Waals surface area contributed by atoms with Gasteiger partial charge in [-0.05, 0) is 47.9 Å². The maximum Gasteiger partial charge on any atom is 0.343 e. The molecule has 0 radical (unpaired) electrons. The quantitative estimate of drug-likeness (QED) is 0.494. The van der Waals surface area contributed by atoms with Crippen molar-refractivity contribution in [1.29, 1.82) is 0 Å². The van der Waals surface area contributed by atoms with Crippen LogP contribution in [0.3, 0.4) is 0 Å². The van der Waals surface area contributed by atoms with E-state index in [1.165, 1.54) is 19.2 Å². The van der Waals surface area contributed by atoms with Crippen molar-refractivity contribution < 1.29 is 34.0 Å². The molecule has 3 aromatic rings. The minimum atomic E-state index is -1.31. The zero-order chi connectivity index (χ0) is 22.4. The Kier molecular flexibility index (Phi) is 6.89. The number of benzene rings is 3. The van der Waals surface area contributed by atoms with E-state index in [2.05, 4.69) is 0 Å².